The van der Waals surface area contributed by atoms with E-state index in [2.05, 4.69) is 34.7 Å². The van der Waals surface area contributed by atoms with Gasteiger partial charge in [0.1, 0.15) is 12.2 Å². The third kappa shape index (κ3) is 3.49. The second kappa shape index (κ2) is 6.24. The van der Waals surface area contributed by atoms with E-state index in [1.54, 1.807) is 6.33 Å². The third-order valence-electron chi connectivity index (χ3n) is 4.21. The van der Waals surface area contributed by atoms with Crippen LogP contribution in [0.4, 0.5) is 4.79 Å². The minimum atomic E-state index is -0.0731. The van der Waals surface area contributed by atoms with Crippen LogP contribution in [-0.4, -0.2) is 33.4 Å². The van der Waals surface area contributed by atoms with Crippen molar-refractivity contribution in [1.82, 2.24) is 25.4 Å². The first-order chi connectivity index (χ1) is 9.53. The smallest absolute Gasteiger partial charge is 0.315 e. The first-order valence-electron chi connectivity index (χ1n) is 7.44. The number of carbonyl (C=O) groups is 1. The van der Waals surface area contributed by atoms with Crippen LogP contribution >= 0.6 is 0 Å². The normalized spacial score (nSPS) is 20.9. The van der Waals surface area contributed by atoms with Crippen molar-refractivity contribution in [2.45, 2.75) is 59.0 Å². The van der Waals surface area contributed by atoms with E-state index in [4.69, 9.17) is 0 Å². The van der Waals surface area contributed by atoms with E-state index in [0.29, 0.717) is 13.1 Å². The highest BCUT2D eigenvalue weighted by atomic mass is 16.2. The molecule has 20 heavy (non-hydrogen) atoms. The van der Waals surface area contributed by atoms with Gasteiger partial charge in [0.2, 0.25) is 0 Å². The fraction of sp³-hybridized carbons (Fsp3) is 0.786. The highest BCUT2D eigenvalue weighted by molar-refractivity contribution is 5.74. The summed E-state index contributed by atoms with van der Waals surface area (Å²) in [7, 11) is 0. The predicted molar refractivity (Wildman–Crippen MR) is 77.4 cm³/mol. The molecule has 2 rings (SSSR count). The minimum absolute atomic E-state index is 0.0731. The van der Waals surface area contributed by atoms with Crippen molar-refractivity contribution in [2.75, 3.05) is 6.54 Å². The first-order valence-corrected chi connectivity index (χ1v) is 7.44. The molecule has 1 saturated carbocycles. The predicted octanol–water partition coefficient (Wildman–Crippen LogP) is 1.72. The van der Waals surface area contributed by atoms with Crippen LogP contribution in [0, 0.1) is 5.41 Å². The molecule has 0 bridgehead atoms. The molecule has 6 heteroatoms. The molecule has 1 fully saturated rings. The summed E-state index contributed by atoms with van der Waals surface area (Å²) in [5, 5.41) is 13.9. The lowest BCUT2D eigenvalue weighted by molar-refractivity contribution is 0.222. The van der Waals surface area contributed by atoms with Crippen molar-refractivity contribution in [2.24, 2.45) is 5.41 Å². The summed E-state index contributed by atoms with van der Waals surface area (Å²) in [6.07, 6.45) is 6.00. The summed E-state index contributed by atoms with van der Waals surface area (Å²) >= 11 is 0. The maximum absolute atomic E-state index is 11.9. The molecule has 0 aromatic carbocycles. The van der Waals surface area contributed by atoms with E-state index in [0.717, 1.165) is 18.7 Å². The van der Waals surface area contributed by atoms with Gasteiger partial charge in [-0.1, -0.05) is 27.2 Å². The van der Waals surface area contributed by atoms with Crippen LogP contribution in [0.5, 0.6) is 0 Å². The zero-order chi connectivity index (χ0) is 14.6. The summed E-state index contributed by atoms with van der Waals surface area (Å²) in [6.45, 7) is 7.77. The van der Waals surface area contributed by atoms with Gasteiger partial charge >= 0.3 is 6.03 Å². The number of aromatic nitrogens is 3. The van der Waals surface area contributed by atoms with Crippen LogP contribution in [0.25, 0.3) is 0 Å². The highest BCUT2D eigenvalue weighted by Crippen LogP contribution is 2.36. The molecular formula is C14H25N5O. The van der Waals surface area contributed by atoms with E-state index in [-0.39, 0.29) is 17.5 Å². The van der Waals surface area contributed by atoms with Gasteiger partial charge in [-0.3, -0.25) is 0 Å². The van der Waals surface area contributed by atoms with E-state index in [9.17, 15) is 4.79 Å². The number of nitrogens with one attached hydrogen (secondary N) is 2. The van der Waals surface area contributed by atoms with Crippen molar-refractivity contribution in [3.05, 3.63) is 12.2 Å². The third-order valence-corrected chi connectivity index (χ3v) is 4.21. The molecule has 2 N–H and O–H groups in total. The van der Waals surface area contributed by atoms with Crippen molar-refractivity contribution in [3.63, 3.8) is 0 Å². The van der Waals surface area contributed by atoms with Gasteiger partial charge in [-0.2, -0.15) is 0 Å². The molecular weight excluding hydrogens is 254 g/mol. The van der Waals surface area contributed by atoms with Crippen LogP contribution in [0.3, 0.4) is 0 Å². The molecule has 0 spiro atoms. The Kier molecular flexibility index (Phi) is 4.62. The average Bonchev–Trinajstić information content (AvgIpc) is 2.96. The zero-order valence-electron chi connectivity index (χ0n) is 12.6. The number of aryl methyl sites for hydroxylation is 1. The SMILES string of the molecule is CCc1nncn1CCNC(=O)N[C@H]1CCCC1(C)C. The van der Waals surface area contributed by atoms with Gasteiger partial charge in [-0.15, -0.1) is 10.2 Å². The summed E-state index contributed by atoms with van der Waals surface area (Å²) in [4.78, 5) is 11.9. The second-order valence-corrected chi connectivity index (χ2v) is 6.13. The molecule has 112 valence electrons. The molecule has 6 nitrogen and oxygen atoms in total. The number of carbonyl (C=O) groups excluding carboxylic acids is 1. The van der Waals surface area contributed by atoms with Crippen LogP contribution < -0.4 is 10.6 Å². The maximum Gasteiger partial charge on any atom is 0.315 e. The molecule has 1 atom stereocenters. The van der Waals surface area contributed by atoms with Crippen LogP contribution in [0.1, 0.15) is 45.9 Å². The fourth-order valence-corrected chi connectivity index (χ4v) is 2.83. The summed E-state index contributed by atoms with van der Waals surface area (Å²) in [5.41, 5.74) is 0.209. The quantitative estimate of drug-likeness (QED) is 0.862. The van der Waals surface area contributed by atoms with Crippen molar-refractivity contribution in [1.29, 1.82) is 0 Å². The Morgan fingerprint density at radius 1 is 1.55 bits per heavy atom. The first kappa shape index (κ1) is 14.8. The Hall–Kier alpha value is -1.59. The van der Waals surface area contributed by atoms with Crippen molar-refractivity contribution < 1.29 is 4.79 Å². The van der Waals surface area contributed by atoms with E-state index >= 15 is 0 Å². The van der Waals surface area contributed by atoms with Gasteiger partial charge < -0.3 is 15.2 Å². The molecule has 1 aromatic heterocycles. The number of rotatable bonds is 5. The topological polar surface area (TPSA) is 71.8 Å². The monoisotopic (exact) mass is 279 g/mol. The molecule has 0 aliphatic heterocycles. The van der Waals surface area contributed by atoms with Crippen LogP contribution in [-0.2, 0) is 13.0 Å². The van der Waals surface area contributed by atoms with Crippen LogP contribution in [0.15, 0.2) is 6.33 Å². The average molecular weight is 279 g/mol. The molecule has 2 amide bonds. The largest absolute Gasteiger partial charge is 0.336 e. The lowest BCUT2D eigenvalue weighted by Gasteiger charge is -2.27. The Balaban J connectivity index is 1.73. The minimum Gasteiger partial charge on any atom is -0.336 e. The van der Waals surface area contributed by atoms with E-state index in [1.807, 2.05) is 11.5 Å². The van der Waals surface area contributed by atoms with E-state index < -0.39 is 0 Å². The van der Waals surface area contributed by atoms with Gasteiger partial charge in [-0.25, -0.2) is 4.79 Å². The van der Waals surface area contributed by atoms with E-state index in [1.165, 1.54) is 12.8 Å². The lowest BCUT2D eigenvalue weighted by atomic mass is 9.87. The Morgan fingerprint density at radius 3 is 3.00 bits per heavy atom. The van der Waals surface area contributed by atoms with Gasteiger partial charge in [-0.05, 0) is 18.3 Å². The van der Waals surface area contributed by atoms with Crippen molar-refractivity contribution in [3.8, 4) is 0 Å². The van der Waals surface area contributed by atoms with Crippen molar-refractivity contribution >= 4 is 6.03 Å². The van der Waals surface area contributed by atoms with Gasteiger partial charge in [0.25, 0.3) is 0 Å². The molecule has 0 unspecified atom stereocenters. The lowest BCUT2D eigenvalue weighted by Crippen LogP contribution is -2.47. The number of nitrogens with zero attached hydrogens (tertiary/aromatic N) is 3. The zero-order valence-corrected chi connectivity index (χ0v) is 12.6. The molecule has 1 aromatic rings. The standard InChI is InChI=1S/C14H25N5O/c1-4-12-18-16-10-19(12)9-8-15-13(20)17-11-6-5-7-14(11,2)3/h10-11H,4-9H2,1-3H3,(H2,15,17,20)/t11-/m0/s1. The van der Waals surface area contributed by atoms with Gasteiger partial charge in [0.05, 0.1) is 0 Å². The Morgan fingerprint density at radius 2 is 2.35 bits per heavy atom. The number of hydrogen-bond donors (Lipinski definition) is 2. The summed E-state index contributed by atoms with van der Waals surface area (Å²) < 4.78 is 1.97. The molecule has 1 heterocycles. The molecule has 1 aliphatic rings. The summed E-state index contributed by atoms with van der Waals surface area (Å²) in [6, 6.07) is 0.208. The Labute approximate surface area is 120 Å². The highest BCUT2D eigenvalue weighted by Gasteiger charge is 2.35. The maximum atomic E-state index is 11.9. The van der Waals surface area contributed by atoms with Crippen LogP contribution in [0.2, 0.25) is 0 Å². The number of hydrogen-bond acceptors (Lipinski definition) is 3. The fourth-order valence-electron chi connectivity index (χ4n) is 2.83. The molecule has 1 aliphatic carbocycles. The number of amides is 2. The van der Waals surface area contributed by atoms with Gasteiger partial charge in [0, 0.05) is 25.6 Å². The molecule has 0 saturated heterocycles. The number of urea groups is 1. The second-order valence-electron chi connectivity index (χ2n) is 6.13. The Bertz CT molecular complexity index is 454. The molecule has 0 radical (unpaired) electrons. The van der Waals surface area contributed by atoms with Gasteiger partial charge in [0.15, 0.2) is 0 Å². The summed E-state index contributed by atoms with van der Waals surface area (Å²) in [5.74, 6) is 0.948.